The normalized spacial score (nSPS) is 12.2. The molecule has 0 fully saturated rings. The third kappa shape index (κ3) is 3.89. The van der Waals surface area contributed by atoms with Gasteiger partial charge in [-0.3, -0.25) is 0 Å². The minimum Gasteiger partial charge on any atom is -0.497 e. The Kier molecular flexibility index (Phi) is 5.30. The van der Waals surface area contributed by atoms with Crippen LogP contribution in [0.15, 0.2) is 42.5 Å². The highest BCUT2D eigenvalue weighted by atomic mass is 35.5. The molecular weight excluding hydrogens is 293 g/mol. The highest BCUT2D eigenvalue weighted by molar-refractivity contribution is 6.42. The summed E-state index contributed by atoms with van der Waals surface area (Å²) in [7, 11) is 1.65. The Morgan fingerprint density at radius 2 is 1.75 bits per heavy atom. The first kappa shape index (κ1) is 15.2. The van der Waals surface area contributed by atoms with Crippen molar-refractivity contribution < 1.29 is 4.74 Å². The van der Waals surface area contributed by atoms with Crippen LogP contribution in [-0.4, -0.2) is 13.2 Å². The lowest BCUT2D eigenvalue weighted by atomic mass is 9.99. The monoisotopic (exact) mass is 309 g/mol. The van der Waals surface area contributed by atoms with Gasteiger partial charge in [-0.2, -0.15) is 0 Å². The Hall–Kier alpha value is -1.22. The van der Waals surface area contributed by atoms with Crippen LogP contribution in [0.2, 0.25) is 10.0 Å². The molecule has 1 unspecified atom stereocenters. The van der Waals surface area contributed by atoms with Gasteiger partial charge in [-0.15, -0.1) is 0 Å². The van der Waals surface area contributed by atoms with E-state index in [9.17, 15) is 0 Å². The van der Waals surface area contributed by atoms with Crippen LogP contribution >= 0.6 is 23.2 Å². The lowest BCUT2D eigenvalue weighted by Crippen LogP contribution is -2.25. The van der Waals surface area contributed by atoms with E-state index in [4.69, 9.17) is 33.7 Å². The maximum absolute atomic E-state index is 6.19. The fourth-order valence-electron chi connectivity index (χ4n) is 2.13. The first-order valence-corrected chi connectivity index (χ1v) is 7.17. The van der Waals surface area contributed by atoms with Crippen molar-refractivity contribution in [2.45, 2.75) is 18.9 Å². The molecule has 0 aliphatic rings. The van der Waals surface area contributed by atoms with Crippen molar-refractivity contribution >= 4 is 23.2 Å². The number of rotatable bonds is 5. The number of benzene rings is 2. The fourth-order valence-corrected chi connectivity index (χ4v) is 2.52. The van der Waals surface area contributed by atoms with E-state index in [2.05, 4.69) is 0 Å². The molecule has 0 aromatic heterocycles. The van der Waals surface area contributed by atoms with Crippen molar-refractivity contribution in [1.29, 1.82) is 0 Å². The molecule has 0 amide bonds. The fraction of sp³-hybridized carbons (Fsp3) is 0.250. The Balaban J connectivity index is 2.01. The van der Waals surface area contributed by atoms with Gasteiger partial charge in [0, 0.05) is 6.04 Å². The van der Waals surface area contributed by atoms with E-state index in [0.29, 0.717) is 16.5 Å². The first-order chi connectivity index (χ1) is 9.60. The van der Waals surface area contributed by atoms with Crippen LogP contribution in [0.5, 0.6) is 5.75 Å². The Bertz CT molecular complexity index is 569. The van der Waals surface area contributed by atoms with E-state index in [1.54, 1.807) is 13.2 Å². The number of nitrogens with two attached hydrogens (primary N) is 1. The SMILES string of the molecule is COc1ccc(CC(N)Cc2cccc(Cl)c2Cl)cc1. The summed E-state index contributed by atoms with van der Waals surface area (Å²) in [6, 6.07) is 13.6. The predicted octanol–water partition coefficient (Wildman–Crippen LogP) is 4.11. The minimum absolute atomic E-state index is 0.000591. The topological polar surface area (TPSA) is 35.2 Å². The van der Waals surface area contributed by atoms with Gasteiger partial charge in [0.2, 0.25) is 0 Å². The second-order valence-corrected chi connectivity index (χ2v) is 5.51. The van der Waals surface area contributed by atoms with Gasteiger partial charge in [-0.25, -0.2) is 0 Å². The molecular formula is C16H17Cl2NO. The molecule has 0 radical (unpaired) electrons. The van der Waals surface area contributed by atoms with Gasteiger partial charge in [0.05, 0.1) is 17.2 Å². The highest BCUT2D eigenvalue weighted by Crippen LogP contribution is 2.26. The van der Waals surface area contributed by atoms with Gasteiger partial charge in [0.1, 0.15) is 5.75 Å². The molecule has 1 atom stereocenters. The third-order valence-corrected chi connectivity index (χ3v) is 4.03. The number of ether oxygens (including phenoxy) is 1. The van der Waals surface area contributed by atoms with Crippen molar-refractivity contribution in [3.63, 3.8) is 0 Å². The average Bonchev–Trinajstić information content (AvgIpc) is 2.45. The molecule has 106 valence electrons. The zero-order chi connectivity index (χ0) is 14.5. The summed E-state index contributed by atoms with van der Waals surface area (Å²) in [5.74, 6) is 0.847. The van der Waals surface area contributed by atoms with Gasteiger partial charge in [0.25, 0.3) is 0 Å². The predicted molar refractivity (Wildman–Crippen MR) is 84.8 cm³/mol. The third-order valence-electron chi connectivity index (χ3n) is 3.17. The Morgan fingerprint density at radius 1 is 1.05 bits per heavy atom. The van der Waals surface area contributed by atoms with E-state index in [0.717, 1.165) is 17.7 Å². The first-order valence-electron chi connectivity index (χ1n) is 6.41. The molecule has 0 saturated heterocycles. The van der Waals surface area contributed by atoms with Gasteiger partial charge in [-0.1, -0.05) is 47.5 Å². The molecule has 2 rings (SSSR count). The summed E-state index contributed by atoms with van der Waals surface area (Å²) < 4.78 is 5.14. The van der Waals surface area contributed by atoms with E-state index >= 15 is 0 Å². The number of methoxy groups -OCH3 is 1. The van der Waals surface area contributed by atoms with Crippen molar-refractivity contribution in [2.24, 2.45) is 5.73 Å². The smallest absolute Gasteiger partial charge is 0.118 e. The van der Waals surface area contributed by atoms with E-state index in [1.165, 1.54) is 5.56 Å². The number of hydrogen-bond acceptors (Lipinski definition) is 2. The van der Waals surface area contributed by atoms with Crippen LogP contribution in [0.1, 0.15) is 11.1 Å². The van der Waals surface area contributed by atoms with Gasteiger partial charge in [0.15, 0.2) is 0 Å². The molecule has 0 spiro atoms. The summed E-state index contributed by atoms with van der Waals surface area (Å²) in [4.78, 5) is 0. The molecule has 0 saturated carbocycles. The Labute approximate surface area is 129 Å². The van der Waals surface area contributed by atoms with Gasteiger partial charge >= 0.3 is 0 Å². The zero-order valence-corrected chi connectivity index (χ0v) is 12.8. The molecule has 0 aliphatic carbocycles. The molecule has 4 heteroatoms. The second kappa shape index (κ2) is 6.98. The van der Waals surface area contributed by atoms with E-state index in [-0.39, 0.29) is 6.04 Å². The Morgan fingerprint density at radius 3 is 2.40 bits per heavy atom. The quantitative estimate of drug-likeness (QED) is 0.902. The standard InChI is InChI=1S/C16H17Cl2NO/c1-20-14-7-5-11(6-8-14)9-13(19)10-12-3-2-4-15(17)16(12)18/h2-8,13H,9-10,19H2,1H3. The maximum atomic E-state index is 6.19. The van der Waals surface area contributed by atoms with Crippen molar-refractivity contribution in [3.8, 4) is 5.75 Å². The molecule has 0 heterocycles. The summed E-state index contributed by atoms with van der Waals surface area (Å²) in [5, 5.41) is 1.17. The zero-order valence-electron chi connectivity index (χ0n) is 11.3. The summed E-state index contributed by atoms with van der Waals surface area (Å²) >= 11 is 12.2. The van der Waals surface area contributed by atoms with Gasteiger partial charge in [-0.05, 0) is 42.2 Å². The minimum atomic E-state index is -0.000591. The molecule has 0 bridgehead atoms. The van der Waals surface area contributed by atoms with E-state index < -0.39 is 0 Å². The lowest BCUT2D eigenvalue weighted by molar-refractivity contribution is 0.414. The summed E-state index contributed by atoms with van der Waals surface area (Å²) in [6.07, 6.45) is 1.48. The molecule has 2 nitrogen and oxygen atoms in total. The van der Waals surface area contributed by atoms with Crippen molar-refractivity contribution in [2.75, 3.05) is 7.11 Å². The highest BCUT2D eigenvalue weighted by Gasteiger charge is 2.10. The second-order valence-electron chi connectivity index (χ2n) is 4.73. The molecule has 2 N–H and O–H groups in total. The molecule has 0 aliphatic heterocycles. The van der Waals surface area contributed by atoms with Crippen LogP contribution in [0.25, 0.3) is 0 Å². The molecule has 2 aromatic rings. The van der Waals surface area contributed by atoms with Crippen LogP contribution in [0.4, 0.5) is 0 Å². The van der Waals surface area contributed by atoms with Crippen LogP contribution in [0.3, 0.4) is 0 Å². The average molecular weight is 310 g/mol. The van der Waals surface area contributed by atoms with Crippen LogP contribution < -0.4 is 10.5 Å². The lowest BCUT2D eigenvalue weighted by Gasteiger charge is -2.13. The number of halogens is 2. The largest absolute Gasteiger partial charge is 0.497 e. The summed E-state index contributed by atoms with van der Waals surface area (Å²) in [6.45, 7) is 0. The number of hydrogen-bond donors (Lipinski definition) is 1. The molecule has 20 heavy (non-hydrogen) atoms. The van der Waals surface area contributed by atoms with Gasteiger partial charge < -0.3 is 10.5 Å². The maximum Gasteiger partial charge on any atom is 0.118 e. The van der Waals surface area contributed by atoms with Crippen molar-refractivity contribution in [3.05, 3.63) is 63.6 Å². The van der Waals surface area contributed by atoms with Crippen LogP contribution in [0, 0.1) is 0 Å². The van der Waals surface area contributed by atoms with Crippen LogP contribution in [-0.2, 0) is 12.8 Å². The summed E-state index contributed by atoms with van der Waals surface area (Å²) in [5.41, 5.74) is 8.36. The van der Waals surface area contributed by atoms with E-state index in [1.807, 2.05) is 36.4 Å². The van der Waals surface area contributed by atoms with Crippen molar-refractivity contribution in [1.82, 2.24) is 0 Å². The molecule has 2 aromatic carbocycles.